The van der Waals surface area contributed by atoms with Crippen LogP contribution in [-0.2, 0) is 4.79 Å². The average molecular weight is 204 g/mol. The zero-order chi connectivity index (χ0) is 11.3. The van der Waals surface area contributed by atoms with E-state index in [9.17, 15) is 4.79 Å². The third kappa shape index (κ3) is 4.45. The molecular formula is C13H16O2. The topological polar surface area (TPSA) is 37.3 Å². The molecule has 0 bridgehead atoms. The molecule has 1 aromatic carbocycles. The summed E-state index contributed by atoms with van der Waals surface area (Å²) in [6, 6.07) is 6.29. The van der Waals surface area contributed by atoms with Crippen molar-refractivity contribution in [3.63, 3.8) is 0 Å². The third-order valence-electron chi connectivity index (χ3n) is 2.08. The molecule has 0 spiro atoms. The van der Waals surface area contributed by atoms with Gasteiger partial charge in [0.25, 0.3) is 0 Å². The predicted molar refractivity (Wildman–Crippen MR) is 61.8 cm³/mol. The lowest BCUT2D eigenvalue weighted by Crippen LogP contribution is -1.91. The third-order valence-corrected chi connectivity index (χ3v) is 2.08. The van der Waals surface area contributed by atoms with Gasteiger partial charge in [-0.25, -0.2) is 0 Å². The first kappa shape index (κ1) is 11.5. The number of carboxylic acids is 1. The van der Waals surface area contributed by atoms with Gasteiger partial charge in [0.15, 0.2) is 0 Å². The standard InChI is InChI=1S/C13H16O2/c1-10-7-11(2)9-12(8-10)5-3-4-6-13(14)15/h3,5,7-9H,4,6H2,1-2H3,(H,14,15). The maximum Gasteiger partial charge on any atom is 0.303 e. The Labute approximate surface area is 90.3 Å². The van der Waals surface area contributed by atoms with Crippen molar-refractivity contribution in [2.45, 2.75) is 26.7 Å². The Bertz CT molecular complexity index is 358. The summed E-state index contributed by atoms with van der Waals surface area (Å²) in [6.45, 7) is 4.11. The molecule has 0 fully saturated rings. The number of carboxylic acid groups (broad SMARTS) is 1. The number of carbonyl (C=O) groups is 1. The first-order valence-corrected chi connectivity index (χ1v) is 5.04. The Kier molecular flexibility index (Phi) is 4.10. The molecule has 0 unspecified atom stereocenters. The van der Waals surface area contributed by atoms with Crippen LogP contribution in [0.15, 0.2) is 24.3 Å². The van der Waals surface area contributed by atoms with Crippen LogP contribution in [-0.4, -0.2) is 11.1 Å². The molecule has 0 heterocycles. The van der Waals surface area contributed by atoms with Gasteiger partial charge in [0, 0.05) is 6.42 Å². The molecule has 0 aromatic heterocycles. The molecule has 0 amide bonds. The van der Waals surface area contributed by atoms with E-state index in [0.717, 1.165) is 5.56 Å². The monoisotopic (exact) mass is 204 g/mol. The zero-order valence-electron chi connectivity index (χ0n) is 9.16. The maximum atomic E-state index is 10.3. The van der Waals surface area contributed by atoms with Gasteiger partial charge < -0.3 is 5.11 Å². The van der Waals surface area contributed by atoms with Crippen LogP contribution in [0.25, 0.3) is 6.08 Å². The normalized spacial score (nSPS) is 10.8. The second kappa shape index (κ2) is 5.35. The van der Waals surface area contributed by atoms with Crippen LogP contribution < -0.4 is 0 Å². The van der Waals surface area contributed by atoms with Crippen LogP contribution in [0.3, 0.4) is 0 Å². The molecule has 80 valence electrons. The SMILES string of the molecule is Cc1cc(C)cc(C=CCCC(=O)O)c1. The lowest BCUT2D eigenvalue weighted by molar-refractivity contribution is -0.136. The molecule has 0 radical (unpaired) electrons. The largest absolute Gasteiger partial charge is 0.481 e. The molecular weight excluding hydrogens is 188 g/mol. The molecule has 2 heteroatoms. The quantitative estimate of drug-likeness (QED) is 0.817. The Balaban J connectivity index is 2.60. The summed E-state index contributed by atoms with van der Waals surface area (Å²) in [7, 11) is 0. The average Bonchev–Trinajstić information content (AvgIpc) is 2.10. The number of hydrogen-bond acceptors (Lipinski definition) is 1. The van der Waals surface area contributed by atoms with E-state index in [1.165, 1.54) is 11.1 Å². The summed E-state index contributed by atoms with van der Waals surface area (Å²) in [6.07, 6.45) is 4.66. The minimum Gasteiger partial charge on any atom is -0.481 e. The van der Waals surface area contributed by atoms with Crippen molar-refractivity contribution in [1.82, 2.24) is 0 Å². The van der Waals surface area contributed by atoms with E-state index >= 15 is 0 Å². The lowest BCUT2D eigenvalue weighted by atomic mass is 10.1. The Hall–Kier alpha value is -1.57. The van der Waals surface area contributed by atoms with Crippen molar-refractivity contribution in [3.8, 4) is 0 Å². The number of allylic oxidation sites excluding steroid dienone is 1. The van der Waals surface area contributed by atoms with Gasteiger partial charge in [-0.05, 0) is 25.8 Å². The Morgan fingerprint density at radius 2 is 1.87 bits per heavy atom. The van der Waals surface area contributed by atoms with Crippen LogP contribution in [0.4, 0.5) is 0 Å². The second-order valence-corrected chi connectivity index (χ2v) is 3.76. The van der Waals surface area contributed by atoms with E-state index < -0.39 is 5.97 Å². The molecule has 0 aliphatic heterocycles. The van der Waals surface area contributed by atoms with Crippen molar-refractivity contribution in [2.75, 3.05) is 0 Å². The van der Waals surface area contributed by atoms with Crippen molar-refractivity contribution < 1.29 is 9.90 Å². The van der Waals surface area contributed by atoms with Gasteiger partial charge in [0.05, 0.1) is 0 Å². The highest BCUT2D eigenvalue weighted by molar-refractivity contribution is 5.67. The highest BCUT2D eigenvalue weighted by Gasteiger charge is 1.94. The highest BCUT2D eigenvalue weighted by Crippen LogP contribution is 2.10. The fraction of sp³-hybridized carbons (Fsp3) is 0.308. The Morgan fingerprint density at radius 1 is 1.27 bits per heavy atom. The first-order valence-electron chi connectivity index (χ1n) is 5.04. The fourth-order valence-electron chi connectivity index (χ4n) is 1.53. The number of hydrogen-bond donors (Lipinski definition) is 1. The van der Waals surface area contributed by atoms with Crippen LogP contribution in [0.1, 0.15) is 29.5 Å². The van der Waals surface area contributed by atoms with Crippen LogP contribution in [0.2, 0.25) is 0 Å². The summed E-state index contributed by atoms with van der Waals surface area (Å²) < 4.78 is 0. The van der Waals surface area contributed by atoms with Gasteiger partial charge in [0.2, 0.25) is 0 Å². The van der Waals surface area contributed by atoms with E-state index in [1.54, 1.807) is 0 Å². The van der Waals surface area contributed by atoms with Gasteiger partial charge in [-0.3, -0.25) is 4.79 Å². The molecule has 1 aromatic rings. The van der Waals surface area contributed by atoms with E-state index in [4.69, 9.17) is 5.11 Å². The molecule has 2 nitrogen and oxygen atoms in total. The van der Waals surface area contributed by atoms with Crippen LogP contribution in [0.5, 0.6) is 0 Å². The summed E-state index contributed by atoms with van der Waals surface area (Å²) in [5.41, 5.74) is 3.60. The van der Waals surface area contributed by atoms with E-state index in [0.29, 0.717) is 6.42 Å². The molecule has 15 heavy (non-hydrogen) atoms. The van der Waals surface area contributed by atoms with Crippen molar-refractivity contribution in [3.05, 3.63) is 41.0 Å². The van der Waals surface area contributed by atoms with Gasteiger partial charge in [0.1, 0.15) is 0 Å². The maximum absolute atomic E-state index is 10.3. The van der Waals surface area contributed by atoms with Gasteiger partial charge in [-0.1, -0.05) is 41.5 Å². The summed E-state index contributed by atoms with van der Waals surface area (Å²) in [5, 5.41) is 8.47. The number of aryl methyl sites for hydroxylation is 2. The van der Waals surface area contributed by atoms with Crippen LogP contribution >= 0.6 is 0 Å². The lowest BCUT2D eigenvalue weighted by Gasteiger charge is -1.99. The first-order chi connectivity index (χ1) is 7.08. The van der Waals surface area contributed by atoms with Crippen LogP contribution in [0, 0.1) is 13.8 Å². The molecule has 1 N–H and O–H groups in total. The van der Waals surface area contributed by atoms with E-state index in [2.05, 4.69) is 32.0 Å². The molecule has 0 aliphatic rings. The second-order valence-electron chi connectivity index (χ2n) is 3.76. The molecule has 0 saturated carbocycles. The number of aliphatic carboxylic acids is 1. The summed E-state index contributed by atoms with van der Waals surface area (Å²) in [4.78, 5) is 10.3. The molecule has 1 rings (SSSR count). The van der Waals surface area contributed by atoms with E-state index in [1.807, 2.05) is 12.2 Å². The van der Waals surface area contributed by atoms with Crippen molar-refractivity contribution in [1.29, 1.82) is 0 Å². The predicted octanol–water partition coefficient (Wildman–Crippen LogP) is 3.18. The van der Waals surface area contributed by atoms with Gasteiger partial charge >= 0.3 is 5.97 Å². The summed E-state index contributed by atoms with van der Waals surface area (Å²) in [5.74, 6) is -0.750. The van der Waals surface area contributed by atoms with Crippen molar-refractivity contribution >= 4 is 12.0 Å². The summed E-state index contributed by atoms with van der Waals surface area (Å²) >= 11 is 0. The van der Waals surface area contributed by atoms with Gasteiger partial charge in [-0.15, -0.1) is 0 Å². The zero-order valence-corrected chi connectivity index (χ0v) is 9.16. The highest BCUT2D eigenvalue weighted by atomic mass is 16.4. The molecule has 0 atom stereocenters. The van der Waals surface area contributed by atoms with E-state index in [-0.39, 0.29) is 6.42 Å². The Morgan fingerprint density at radius 3 is 2.40 bits per heavy atom. The minimum absolute atomic E-state index is 0.196. The van der Waals surface area contributed by atoms with Gasteiger partial charge in [-0.2, -0.15) is 0 Å². The smallest absolute Gasteiger partial charge is 0.303 e. The number of rotatable bonds is 4. The molecule has 0 saturated heterocycles. The minimum atomic E-state index is -0.750. The fourth-order valence-corrected chi connectivity index (χ4v) is 1.53. The van der Waals surface area contributed by atoms with Crippen molar-refractivity contribution in [2.24, 2.45) is 0 Å². The molecule has 0 aliphatic carbocycles. The number of benzene rings is 1.